The lowest BCUT2D eigenvalue weighted by atomic mass is 10.1. The molecule has 2 aromatic carbocycles. The lowest BCUT2D eigenvalue weighted by Crippen LogP contribution is -1.94. The molecular weight excluding hydrogens is 325 g/mol. The van der Waals surface area contributed by atoms with E-state index in [0.29, 0.717) is 11.4 Å². The van der Waals surface area contributed by atoms with E-state index in [1.54, 1.807) is 0 Å². The highest BCUT2D eigenvalue weighted by Crippen LogP contribution is 2.30. The fourth-order valence-electron chi connectivity index (χ4n) is 1.64. The summed E-state index contributed by atoms with van der Waals surface area (Å²) >= 11 is 2.23. The van der Waals surface area contributed by atoms with Crippen LogP contribution in [0.2, 0.25) is 0 Å². The predicted octanol–water partition coefficient (Wildman–Crippen LogP) is 4.28. The molecule has 0 aliphatic heterocycles. The molecule has 2 aromatic rings. The zero-order chi connectivity index (χ0) is 12.4. The van der Waals surface area contributed by atoms with Gasteiger partial charge in [0.25, 0.3) is 0 Å². The van der Waals surface area contributed by atoms with Crippen molar-refractivity contribution >= 4 is 28.3 Å². The molecule has 0 radical (unpaired) electrons. The van der Waals surface area contributed by atoms with Gasteiger partial charge in [-0.2, -0.15) is 0 Å². The summed E-state index contributed by atoms with van der Waals surface area (Å²) < 4.78 is 6.93. The maximum Gasteiger partial charge on any atom is 0.150 e. The molecule has 0 aromatic heterocycles. The maximum absolute atomic E-state index is 5.92. The number of halogens is 1. The van der Waals surface area contributed by atoms with Crippen molar-refractivity contribution in [3.63, 3.8) is 0 Å². The predicted molar refractivity (Wildman–Crippen MR) is 79.6 cm³/mol. The molecule has 0 fully saturated rings. The monoisotopic (exact) mass is 339 g/mol. The van der Waals surface area contributed by atoms with Crippen LogP contribution in [0.3, 0.4) is 0 Å². The van der Waals surface area contributed by atoms with E-state index in [-0.39, 0.29) is 0 Å². The molecule has 0 unspecified atom stereocenters. The molecular formula is C14H14INO. The Morgan fingerprint density at radius 3 is 2.35 bits per heavy atom. The van der Waals surface area contributed by atoms with E-state index in [1.165, 1.54) is 5.56 Å². The molecule has 0 bridgehead atoms. The molecule has 0 aliphatic carbocycles. The summed E-state index contributed by atoms with van der Waals surface area (Å²) in [5.74, 6) is 1.56. The van der Waals surface area contributed by atoms with Crippen molar-refractivity contribution in [3.8, 4) is 11.5 Å². The Hall–Kier alpha value is -1.23. The minimum Gasteiger partial charge on any atom is -0.455 e. The van der Waals surface area contributed by atoms with Crippen LogP contribution >= 0.6 is 22.6 Å². The Kier molecular flexibility index (Phi) is 3.57. The number of aryl methyl sites for hydroxylation is 2. The van der Waals surface area contributed by atoms with Gasteiger partial charge in [-0.25, -0.2) is 0 Å². The Morgan fingerprint density at radius 2 is 1.71 bits per heavy atom. The number of ether oxygens (including phenoxy) is 1. The number of anilines is 1. The van der Waals surface area contributed by atoms with Crippen molar-refractivity contribution in [2.45, 2.75) is 13.8 Å². The maximum atomic E-state index is 5.92. The van der Waals surface area contributed by atoms with Gasteiger partial charge in [-0.3, -0.25) is 0 Å². The van der Waals surface area contributed by atoms with E-state index < -0.39 is 0 Å². The smallest absolute Gasteiger partial charge is 0.150 e. The van der Waals surface area contributed by atoms with Crippen molar-refractivity contribution in [1.82, 2.24) is 0 Å². The van der Waals surface area contributed by atoms with Gasteiger partial charge >= 0.3 is 0 Å². The molecule has 0 amide bonds. The molecule has 2 rings (SSSR count). The molecule has 0 saturated carbocycles. The van der Waals surface area contributed by atoms with Crippen LogP contribution < -0.4 is 10.5 Å². The highest BCUT2D eigenvalue weighted by atomic mass is 127. The van der Waals surface area contributed by atoms with Crippen molar-refractivity contribution < 1.29 is 4.74 Å². The first-order valence-corrected chi connectivity index (χ1v) is 6.44. The van der Waals surface area contributed by atoms with Crippen molar-refractivity contribution in [1.29, 1.82) is 0 Å². The van der Waals surface area contributed by atoms with Crippen LogP contribution in [0.4, 0.5) is 5.69 Å². The number of nitrogens with two attached hydrogens (primary N) is 1. The van der Waals surface area contributed by atoms with Gasteiger partial charge in [-0.05, 0) is 66.3 Å². The van der Waals surface area contributed by atoms with Crippen LogP contribution in [0, 0.1) is 17.4 Å². The first kappa shape index (κ1) is 12.2. The highest BCUT2D eigenvalue weighted by Gasteiger charge is 2.05. The number of hydrogen-bond acceptors (Lipinski definition) is 2. The van der Waals surface area contributed by atoms with Crippen LogP contribution in [0.25, 0.3) is 0 Å². The molecule has 0 spiro atoms. The highest BCUT2D eigenvalue weighted by molar-refractivity contribution is 14.1. The van der Waals surface area contributed by atoms with E-state index in [0.717, 1.165) is 14.9 Å². The first-order valence-electron chi connectivity index (χ1n) is 5.36. The molecule has 2 nitrogen and oxygen atoms in total. The zero-order valence-corrected chi connectivity index (χ0v) is 12.0. The molecule has 17 heavy (non-hydrogen) atoms. The summed E-state index contributed by atoms with van der Waals surface area (Å²) in [6.07, 6.45) is 0. The van der Waals surface area contributed by atoms with Crippen LogP contribution in [0.15, 0.2) is 36.4 Å². The Balaban J connectivity index is 2.31. The van der Waals surface area contributed by atoms with Gasteiger partial charge in [-0.1, -0.05) is 17.7 Å². The number of rotatable bonds is 2. The van der Waals surface area contributed by atoms with E-state index >= 15 is 0 Å². The summed E-state index contributed by atoms with van der Waals surface area (Å²) in [6.45, 7) is 4.10. The second kappa shape index (κ2) is 4.96. The van der Waals surface area contributed by atoms with Gasteiger partial charge in [0.15, 0.2) is 0 Å². The van der Waals surface area contributed by atoms with Crippen LogP contribution in [0.5, 0.6) is 11.5 Å². The second-order valence-corrected chi connectivity index (χ2v) is 5.30. The molecule has 0 heterocycles. The van der Waals surface area contributed by atoms with Crippen molar-refractivity contribution in [2.24, 2.45) is 0 Å². The SMILES string of the molecule is Cc1ccc(Oc2ccc(I)cc2N)c(C)c1. The van der Waals surface area contributed by atoms with Gasteiger partial charge in [0.2, 0.25) is 0 Å². The fourth-order valence-corrected chi connectivity index (χ4v) is 2.16. The Morgan fingerprint density at radius 1 is 1.00 bits per heavy atom. The summed E-state index contributed by atoms with van der Waals surface area (Å²) in [6, 6.07) is 11.9. The zero-order valence-electron chi connectivity index (χ0n) is 9.83. The third kappa shape index (κ3) is 2.91. The van der Waals surface area contributed by atoms with Gasteiger partial charge in [0.05, 0.1) is 5.69 Å². The van der Waals surface area contributed by atoms with E-state index in [1.807, 2.05) is 37.3 Å². The number of benzene rings is 2. The quantitative estimate of drug-likeness (QED) is 0.655. The Labute approximate surface area is 115 Å². The van der Waals surface area contributed by atoms with E-state index in [9.17, 15) is 0 Å². The first-order chi connectivity index (χ1) is 8.06. The molecule has 88 valence electrons. The van der Waals surface area contributed by atoms with Crippen molar-refractivity contribution in [2.75, 3.05) is 5.73 Å². The summed E-state index contributed by atoms with van der Waals surface area (Å²) in [4.78, 5) is 0. The lowest BCUT2D eigenvalue weighted by molar-refractivity contribution is 0.481. The average molecular weight is 339 g/mol. The average Bonchev–Trinajstić information content (AvgIpc) is 2.25. The molecule has 2 N–H and O–H groups in total. The minimum atomic E-state index is 0.664. The molecule has 3 heteroatoms. The lowest BCUT2D eigenvalue weighted by Gasteiger charge is -2.11. The van der Waals surface area contributed by atoms with E-state index in [4.69, 9.17) is 10.5 Å². The van der Waals surface area contributed by atoms with Gasteiger partial charge < -0.3 is 10.5 Å². The molecule has 0 atom stereocenters. The second-order valence-electron chi connectivity index (χ2n) is 4.05. The fraction of sp³-hybridized carbons (Fsp3) is 0.143. The van der Waals surface area contributed by atoms with Crippen LogP contribution in [-0.4, -0.2) is 0 Å². The molecule has 0 aliphatic rings. The third-order valence-electron chi connectivity index (χ3n) is 2.52. The normalized spacial score (nSPS) is 10.3. The van der Waals surface area contributed by atoms with E-state index in [2.05, 4.69) is 35.6 Å². The molecule has 0 saturated heterocycles. The van der Waals surface area contributed by atoms with Gasteiger partial charge in [0, 0.05) is 3.57 Å². The van der Waals surface area contributed by atoms with Crippen LogP contribution in [0.1, 0.15) is 11.1 Å². The number of nitrogen functional groups attached to an aromatic ring is 1. The summed E-state index contributed by atoms with van der Waals surface area (Å²) in [5, 5.41) is 0. The minimum absolute atomic E-state index is 0.664. The van der Waals surface area contributed by atoms with Gasteiger partial charge in [-0.15, -0.1) is 0 Å². The topological polar surface area (TPSA) is 35.2 Å². The standard InChI is InChI=1S/C14H14INO/c1-9-3-5-13(10(2)7-9)17-14-6-4-11(15)8-12(14)16/h3-8H,16H2,1-2H3. The van der Waals surface area contributed by atoms with Crippen molar-refractivity contribution in [3.05, 3.63) is 51.1 Å². The summed E-state index contributed by atoms with van der Waals surface area (Å²) in [7, 11) is 0. The summed E-state index contributed by atoms with van der Waals surface area (Å²) in [5.41, 5.74) is 8.92. The van der Waals surface area contributed by atoms with Gasteiger partial charge in [0.1, 0.15) is 11.5 Å². The van der Waals surface area contributed by atoms with Crippen LogP contribution in [-0.2, 0) is 0 Å². The Bertz CT molecular complexity index is 502. The largest absolute Gasteiger partial charge is 0.455 e. The number of hydrogen-bond donors (Lipinski definition) is 1. The third-order valence-corrected chi connectivity index (χ3v) is 3.19.